The normalized spacial score (nSPS) is 11.1. The Hall–Kier alpha value is -1.46. The first-order valence-corrected chi connectivity index (χ1v) is 7.04. The van der Waals surface area contributed by atoms with E-state index in [1.807, 2.05) is 0 Å². The Balaban J connectivity index is 3.02. The topological polar surface area (TPSA) is 69.6 Å². The Bertz CT molecular complexity index is 568. The van der Waals surface area contributed by atoms with Gasteiger partial charge in [-0.2, -0.15) is 0 Å². The van der Waals surface area contributed by atoms with E-state index >= 15 is 0 Å². The molecule has 116 valence electrons. The molecule has 0 radical (unpaired) electrons. The third-order valence-electron chi connectivity index (χ3n) is 2.84. The monoisotopic (exact) mass is 332 g/mol. The Morgan fingerprint density at radius 2 is 1.81 bits per heavy atom. The number of hydrogen-bond donors (Lipinski definition) is 2. The van der Waals surface area contributed by atoms with Crippen LogP contribution in [-0.2, 0) is 4.79 Å². The smallest absolute Gasteiger partial charge is 0.323 e. The summed E-state index contributed by atoms with van der Waals surface area (Å²) in [5.41, 5.74) is 0.485. The number of halogens is 2. The van der Waals surface area contributed by atoms with E-state index in [9.17, 15) is 9.59 Å². The van der Waals surface area contributed by atoms with Gasteiger partial charge in [0.2, 0.25) is 0 Å². The molecule has 0 aliphatic carbocycles. The number of amides is 2. The van der Waals surface area contributed by atoms with Crippen molar-refractivity contribution < 1.29 is 14.7 Å². The second kappa shape index (κ2) is 6.54. The Kier molecular flexibility index (Phi) is 5.48. The highest BCUT2D eigenvalue weighted by Gasteiger charge is 2.28. The minimum Gasteiger partial charge on any atom is -0.480 e. The average molecular weight is 333 g/mol. The summed E-state index contributed by atoms with van der Waals surface area (Å²) in [6.07, 6.45) is 0. The van der Waals surface area contributed by atoms with Gasteiger partial charge in [-0.05, 0) is 45.4 Å². The van der Waals surface area contributed by atoms with Gasteiger partial charge < -0.3 is 15.3 Å². The van der Waals surface area contributed by atoms with Crippen LogP contribution in [0.15, 0.2) is 12.1 Å². The van der Waals surface area contributed by atoms with Crippen molar-refractivity contribution in [2.75, 3.05) is 11.9 Å². The maximum absolute atomic E-state index is 12.3. The molecule has 1 rings (SSSR count). The number of nitrogens with zero attached hydrogens (tertiary/aromatic N) is 1. The lowest BCUT2D eigenvalue weighted by molar-refractivity contribution is -0.138. The minimum atomic E-state index is -1.09. The van der Waals surface area contributed by atoms with Gasteiger partial charge in [0.15, 0.2) is 0 Å². The number of rotatable bonds is 3. The average Bonchev–Trinajstić information content (AvgIpc) is 2.31. The first-order chi connectivity index (χ1) is 9.52. The van der Waals surface area contributed by atoms with Crippen molar-refractivity contribution >= 4 is 40.9 Å². The van der Waals surface area contributed by atoms with Crippen LogP contribution in [0.25, 0.3) is 0 Å². The number of carboxylic acid groups (broad SMARTS) is 1. The van der Waals surface area contributed by atoms with E-state index in [1.54, 1.807) is 39.8 Å². The van der Waals surface area contributed by atoms with Crippen LogP contribution in [0.4, 0.5) is 10.5 Å². The molecule has 5 nitrogen and oxygen atoms in total. The third-order valence-corrected chi connectivity index (χ3v) is 3.56. The summed E-state index contributed by atoms with van der Waals surface area (Å²) in [4.78, 5) is 24.4. The minimum absolute atomic E-state index is 0.342. The standard InChI is InChI=1S/C14H18Cl2N2O3/c1-8-5-10(16)11(6-9(8)15)17-13(21)18(7-12(19)20)14(2,3)4/h5-6H,7H2,1-4H3,(H,17,21)(H,19,20). The molecule has 1 aromatic carbocycles. The van der Waals surface area contributed by atoms with Crippen molar-refractivity contribution in [2.24, 2.45) is 0 Å². The highest BCUT2D eigenvalue weighted by atomic mass is 35.5. The van der Waals surface area contributed by atoms with Crippen LogP contribution in [0.2, 0.25) is 10.0 Å². The molecule has 0 aliphatic rings. The molecule has 0 atom stereocenters. The number of benzene rings is 1. The number of urea groups is 1. The Labute approximate surface area is 133 Å². The van der Waals surface area contributed by atoms with Gasteiger partial charge in [0.25, 0.3) is 0 Å². The fourth-order valence-electron chi connectivity index (χ4n) is 1.67. The summed E-state index contributed by atoms with van der Waals surface area (Å²) in [6.45, 7) is 6.63. The fraction of sp³-hybridized carbons (Fsp3) is 0.429. The van der Waals surface area contributed by atoms with Crippen molar-refractivity contribution in [3.8, 4) is 0 Å². The fourth-order valence-corrected chi connectivity index (χ4v) is 2.10. The van der Waals surface area contributed by atoms with Gasteiger partial charge in [-0.25, -0.2) is 4.79 Å². The molecule has 0 aromatic heterocycles. The lowest BCUT2D eigenvalue weighted by Gasteiger charge is -2.34. The van der Waals surface area contributed by atoms with Crippen molar-refractivity contribution in [1.29, 1.82) is 0 Å². The second-order valence-electron chi connectivity index (χ2n) is 5.66. The molecule has 0 bridgehead atoms. The molecule has 0 spiro atoms. The Morgan fingerprint density at radius 1 is 1.24 bits per heavy atom. The summed E-state index contributed by atoms with van der Waals surface area (Å²) in [5, 5.41) is 12.3. The maximum atomic E-state index is 12.3. The van der Waals surface area contributed by atoms with Gasteiger partial charge >= 0.3 is 12.0 Å². The van der Waals surface area contributed by atoms with E-state index in [0.717, 1.165) is 5.56 Å². The molecular formula is C14H18Cl2N2O3. The SMILES string of the molecule is Cc1cc(Cl)c(NC(=O)N(CC(=O)O)C(C)(C)C)cc1Cl. The van der Waals surface area contributed by atoms with Gasteiger partial charge in [0.05, 0.1) is 10.7 Å². The molecular weight excluding hydrogens is 315 g/mol. The lowest BCUT2D eigenvalue weighted by atomic mass is 10.1. The molecule has 0 fully saturated rings. The van der Waals surface area contributed by atoms with Crippen LogP contribution in [-0.4, -0.2) is 34.1 Å². The molecule has 0 saturated heterocycles. The molecule has 1 aromatic rings. The van der Waals surface area contributed by atoms with E-state index in [2.05, 4.69) is 5.32 Å². The molecule has 2 N–H and O–H groups in total. The zero-order valence-corrected chi connectivity index (χ0v) is 13.8. The summed E-state index contributed by atoms with van der Waals surface area (Å²) >= 11 is 12.1. The van der Waals surface area contributed by atoms with Crippen molar-refractivity contribution in [3.63, 3.8) is 0 Å². The molecule has 2 amide bonds. The number of nitrogens with one attached hydrogen (secondary N) is 1. The molecule has 0 heterocycles. The van der Waals surface area contributed by atoms with E-state index in [0.29, 0.717) is 15.7 Å². The first kappa shape index (κ1) is 17.6. The van der Waals surface area contributed by atoms with Gasteiger partial charge in [-0.1, -0.05) is 23.2 Å². The molecule has 0 aliphatic heterocycles. The predicted octanol–water partition coefficient (Wildman–Crippen LogP) is 4.02. The van der Waals surface area contributed by atoms with Crippen molar-refractivity contribution in [1.82, 2.24) is 4.90 Å². The quantitative estimate of drug-likeness (QED) is 0.878. The van der Waals surface area contributed by atoms with E-state index in [-0.39, 0.29) is 0 Å². The van der Waals surface area contributed by atoms with Crippen LogP contribution in [0.1, 0.15) is 26.3 Å². The number of hydrogen-bond acceptors (Lipinski definition) is 2. The molecule has 0 unspecified atom stereocenters. The predicted molar refractivity (Wildman–Crippen MR) is 84.3 cm³/mol. The number of carbonyl (C=O) groups excluding carboxylic acids is 1. The Morgan fingerprint density at radius 3 is 2.29 bits per heavy atom. The lowest BCUT2D eigenvalue weighted by Crippen LogP contribution is -2.50. The maximum Gasteiger partial charge on any atom is 0.323 e. The summed E-state index contributed by atoms with van der Waals surface area (Å²) < 4.78 is 0. The highest BCUT2D eigenvalue weighted by Crippen LogP contribution is 2.29. The molecule has 21 heavy (non-hydrogen) atoms. The summed E-state index contributed by atoms with van der Waals surface area (Å²) in [6, 6.07) is 2.63. The number of carbonyl (C=O) groups is 2. The molecule has 0 saturated carbocycles. The van der Waals surface area contributed by atoms with Crippen molar-refractivity contribution in [2.45, 2.75) is 33.2 Å². The second-order valence-corrected chi connectivity index (χ2v) is 6.48. The summed E-state index contributed by atoms with van der Waals surface area (Å²) in [7, 11) is 0. The van der Waals surface area contributed by atoms with E-state index in [4.69, 9.17) is 28.3 Å². The van der Waals surface area contributed by atoms with Crippen LogP contribution in [0.5, 0.6) is 0 Å². The van der Waals surface area contributed by atoms with Crippen LogP contribution >= 0.6 is 23.2 Å². The highest BCUT2D eigenvalue weighted by molar-refractivity contribution is 6.36. The van der Waals surface area contributed by atoms with E-state index < -0.39 is 24.1 Å². The third kappa shape index (κ3) is 4.79. The van der Waals surface area contributed by atoms with Gasteiger partial charge in [-0.15, -0.1) is 0 Å². The number of anilines is 1. The largest absolute Gasteiger partial charge is 0.480 e. The van der Waals surface area contributed by atoms with Gasteiger partial charge in [0.1, 0.15) is 6.54 Å². The van der Waals surface area contributed by atoms with E-state index in [1.165, 1.54) is 4.90 Å². The number of carboxylic acids is 1. The number of aryl methyl sites for hydroxylation is 1. The zero-order valence-electron chi connectivity index (χ0n) is 12.3. The summed E-state index contributed by atoms with van der Waals surface area (Å²) in [5.74, 6) is -1.09. The van der Waals surface area contributed by atoms with Crippen LogP contribution in [0, 0.1) is 6.92 Å². The zero-order chi connectivity index (χ0) is 16.4. The number of aliphatic carboxylic acids is 1. The molecule has 7 heteroatoms. The van der Waals surface area contributed by atoms with Crippen LogP contribution < -0.4 is 5.32 Å². The van der Waals surface area contributed by atoms with Crippen LogP contribution in [0.3, 0.4) is 0 Å². The first-order valence-electron chi connectivity index (χ1n) is 6.28. The van der Waals surface area contributed by atoms with Crippen molar-refractivity contribution in [3.05, 3.63) is 27.7 Å². The van der Waals surface area contributed by atoms with Gasteiger partial charge in [-0.3, -0.25) is 4.79 Å². The van der Waals surface area contributed by atoms with Gasteiger partial charge in [0, 0.05) is 10.6 Å².